The fourth-order valence-corrected chi connectivity index (χ4v) is 5.42. The predicted molar refractivity (Wildman–Crippen MR) is 147 cm³/mol. The van der Waals surface area contributed by atoms with Crippen molar-refractivity contribution in [3.8, 4) is 5.75 Å². The molecule has 36 heavy (non-hydrogen) atoms. The summed E-state index contributed by atoms with van der Waals surface area (Å²) in [6.07, 6.45) is 1.36. The number of benzene rings is 2. The molecule has 0 saturated carbocycles. The Morgan fingerprint density at radius 2 is 1.75 bits per heavy atom. The van der Waals surface area contributed by atoms with Crippen LogP contribution in [0.1, 0.15) is 50.5 Å². The van der Waals surface area contributed by atoms with E-state index in [0.29, 0.717) is 13.0 Å². The van der Waals surface area contributed by atoms with Crippen molar-refractivity contribution in [2.45, 2.75) is 70.8 Å². The molecule has 0 bridgehead atoms. The van der Waals surface area contributed by atoms with Gasteiger partial charge in [-0.05, 0) is 60.3 Å². The van der Waals surface area contributed by atoms with Gasteiger partial charge in [0.2, 0.25) is 10.0 Å². The second-order valence-corrected chi connectivity index (χ2v) is 17.4. The van der Waals surface area contributed by atoms with Gasteiger partial charge in [0.25, 0.3) is 0 Å². The SMILES string of the molecule is C[C@H](Cc1cccc(CC(=O)O)c1)NC[C@H](O[Si](C)(C)C(C)(C)C)c1ccc(O)c(NS(C)(=O)=O)c1. The minimum absolute atomic E-state index is 0.0111. The Labute approximate surface area is 216 Å². The lowest BCUT2D eigenvalue weighted by molar-refractivity contribution is -0.136. The van der Waals surface area contributed by atoms with Crippen molar-refractivity contribution < 1.29 is 27.9 Å². The predicted octanol–water partition coefficient (Wildman–Crippen LogP) is 4.67. The Bertz CT molecular complexity index is 1160. The maximum absolute atomic E-state index is 11.8. The van der Waals surface area contributed by atoms with Crippen LogP contribution in [0.3, 0.4) is 0 Å². The molecule has 2 rings (SSSR count). The molecule has 2 atom stereocenters. The molecule has 0 aliphatic carbocycles. The van der Waals surface area contributed by atoms with Crippen molar-refractivity contribution >= 4 is 30.0 Å². The van der Waals surface area contributed by atoms with Gasteiger partial charge in [-0.3, -0.25) is 9.52 Å². The molecule has 0 aromatic heterocycles. The molecule has 0 aliphatic rings. The van der Waals surface area contributed by atoms with Crippen molar-refractivity contribution in [1.82, 2.24) is 5.32 Å². The lowest BCUT2D eigenvalue weighted by atomic mass is 10.0. The normalized spacial score (nSPS) is 14.3. The average molecular weight is 537 g/mol. The Morgan fingerprint density at radius 3 is 2.33 bits per heavy atom. The lowest BCUT2D eigenvalue weighted by Gasteiger charge is -2.40. The topological polar surface area (TPSA) is 125 Å². The Kier molecular flexibility index (Phi) is 9.75. The van der Waals surface area contributed by atoms with Gasteiger partial charge in [0.05, 0.1) is 24.5 Å². The minimum Gasteiger partial charge on any atom is -0.506 e. The molecule has 2 aromatic carbocycles. The molecule has 10 heteroatoms. The standard InChI is InChI=1S/C26H40N2O6SSi/c1-18(13-19-9-8-10-20(14-19)15-25(30)31)27-17-24(34-36(6,7)26(2,3)4)21-11-12-23(29)22(16-21)28-35(5,32)33/h8-12,14,16,18,24,27-29H,13,15,17H2,1-7H3,(H,30,31)/t18-,24+/m1/s1. The van der Waals surface area contributed by atoms with Gasteiger partial charge in [-0.25, -0.2) is 8.42 Å². The summed E-state index contributed by atoms with van der Waals surface area (Å²) in [7, 11) is -5.76. The number of phenols is 1. The van der Waals surface area contributed by atoms with Crippen LogP contribution >= 0.6 is 0 Å². The number of rotatable bonds is 12. The van der Waals surface area contributed by atoms with Gasteiger partial charge in [-0.15, -0.1) is 0 Å². The van der Waals surface area contributed by atoms with E-state index in [2.05, 4.69) is 50.8 Å². The summed E-state index contributed by atoms with van der Waals surface area (Å²) < 4.78 is 32.6. The van der Waals surface area contributed by atoms with E-state index in [-0.39, 0.29) is 35.0 Å². The zero-order chi connectivity index (χ0) is 27.3. The van der Waals surface area contributed by atoms with E-state index >= 15 is 0 Å². The fraction of sp³-hybridized carbons (Fsp3) is 0.500. The zero-order valence-electron chi connectivity index (χ0n) is 22.3. The molecule has 8 nitrogen and oxygen atoms in total. The smallest absolute Gasteiger partial charge is 0.307 e. The molecule has 0 aliphatic heterocycles. The van der Waals surface area contributed by atoms with Crippen LogP contribution in [0.5, 0.6) is 5.75 Å². The van der Waals surface area contributed by atoms with Crippen LogP contribution in [0.25, 0.3) is 0 Å². The van der Waals surface area contributed by atoms with Crippen LogP contribution in [0.4, 0.5) is 5.69 Å². The summed E-state index contributed by atoms with van der Waals surface area (Å²) in [6.45, 7) is 13.3. The molecule has 4 N–H and O–H groups in total. The van der Waals surface area contributed by atoms with Gasteiger partial charge in [-0.2, -0.15) is 0 Å². The summed E-state index contributed by atoms with van der Waals surface area (Å²) in [4.78, 5) is 11.0. The minimum atomic E-state index is -3.57. The molecule has 0 saturated heterocycles. The third kappa shape index (κ3) is 9.23. The van der Waals surface area contributed by atoms with Crippen LogP contribution < -0.4 is 10.0 Å². The van der Waals surface area contributed by atoms with E-state index in [1.54, 1.807) is 12.1 Å². The fourth-order valence-electron chi connectivity index (χ4n) is 3.57. The summed E-state index contributed by atoms with van der Waals surface area (Å²) in [5.74, 6) is -1.01. The Hall–Kier alpha value is -2.40. The highest BCUT2D eigenvalue weighted by molar-refractivity contribution is 7.92. The van der Waals surface area contributed by atoms with Crippen LogP contribution in [-0.2, 0) is 32.1 Å². The monoisotopic (exact) mass is 536 g/mol. The van der Waals surface area contributed by atoms with Crippen molar-refractivity contribution in [1.29, 1.82) is 0 Å². The molecule has 0 spiro atoms. The number of hydrogen-bond acceptors (Lipinski definition) is 6. The van der Waals surface area contributed by atoms with Crippen molar-refractivity contribution in [3.63, 3.8) is 0 Å². The highest BCUT2D eigenvalue weighted by atomic mass is 32.2. The van der Waals surface area contributed by atoms with Crippen LogP contribution in [0, 0.1) is 0 Å². The van der Waals surface area contributed by atoms with E-state index in [1.165, 1.54) is 6.07 Å². The van der Waals surface area contributed by atoms with Gasteiger partial charge in [0, 0.05) is 12.6 Å². The van der Waals surface area contributed by atoms with Crippen molar-refractivity contribution in [2.75, 3.05) is 17.5 Å². The third-order valence-electron chi connectivity index (χ3n) is 6.47. The highest BCUT2D eigenvalue weighted by Crippen LogP contribution is 2.40. The summed E-state index contributed by atoms with van der Waals surface area (Å²) in [5.41, 5.74) is 2.68. The number of sulfonamides is 1. The first-order valence-corrected chi connectivity index (χ1v) is 16.8. The molecule has 2 aromatic rings. The number of carboxylic acid groups (broad SMARTS) is 1. The van der Waals surface area contributed by atoms with E-state index in [9.17, 15) is 18.3 Å². The number of aromatic hydroxyl groups is 1. The summed E-state index contributed by atoms with van der Waals surface area (Å²) in [5, 5.41) is 22.7. The molecular formula is C26H40N2O6SSi. The van der Waals surface area contributed by atoms with Gasteiger partial charge in [-0.1, -0.05) is 51.1 Å². The number of hydrogen-bond donors (Lipinski definition) is 4. The second kappa shape index (κ2) is 11.8. The molecular weight excluding hydrogens is 496 g/mol. The lowest BCUT2D eigenvalue weighted by Crippen LogP contribution is -2.44. The Balaban J connectivity index is 2.25. The number of nitrogens with one attached hydrogen (secondary N) is 2. The maximum atomic E-state index is 11.8. The number of carbonyl (C=O) groups is 1. The van der Waals surface area contributed by atoms with Crippen molar-refractivity contribution in [2.24, 2.45) is 0 Å². The quantitative estimate of drug-likeness (QED) is 0.229. The summed E-state index contributed by atoms with van der Waals surface area (Å²) in [6, 6.07) is 12.5. The van der Waals surface area contributed by atoms with E-state index in [0.717, 1.165) is 22.9 Å². The van der Waals surface area contributed by atoms with Crippen LogP contribution in [-0.4, -0.2) is 51.8 Å². The van der Waals surface area contributed by atoms with Crippen LogP contribution in [0.15, 0.2) is 42.5 Å². The average Bonchev–Trinajstić information content (AvgIpc) is 2.70. The molecule has 0 unspecified atom stereocenters. The molecule has 0 radical (unpaired) electrons. The summed E-state index contributed by atoms with van der Waals surface area (Å²) >= 11 is 0. The first-order valence-electron chi connectivity index (χ1n) is 12.0. The first-order chi connectivity index (χ1) is 16.5. The number of carboxylic acids is 1. The Morgan fingerprint density at radius 1 is 1.11 bits per heavy atom. The zero-order valence-corrected chi connectivity index (χ0v) is 24.1. The van der Waals surface area contributed by atoms with Crippen LogP contribution in [0.2, 0.25) is 18.1 Å². The highest BCUT2D eigenvalue weighted by Gasteiger charge is 2.39. The van der Waals surface area contributed by atoms with Gasteiger partial charge >= 0.3 is 5.97 Å². The van der Waals surface area contributed by atoms with Crippen molar-refractivity contribution in [3.05, 3.63) is 59.2 Å². The van der Waals surface area contributed by atoms with Gasteiger partial charge in [0.1, 0.15) is 5.75 Å². The number of phenolic OH excluding ortho intramolecular Hbond substituents is 1. The van der Waals surface area contributed by atoms with E-state index in [1.807, 2.05) is 24.3 Å². The number of aliphatic carboxylic acids is 1. The number of anilines is 1. The van der Waals surface area contributed by atoms with E-state index in [4.69, 9.17) is 9.53 Å². The van der Waals surface area contributed by atoms with Gasteiger partial charge in [0.15, 0.2) is 8.32 Å². The second-order valence-electron chi connectivity index (χ2n) is 10.9. The molecule has 0 heterocycles. The molecule has 0 amide bonds. The third-order valence-corrected chi connectivity index (χ3v) is 11.5. The van der Waals surface area contributed by atoms with Gasteiger partial charge < -0.3 is 20.0 Å². The first kappa shape index (κ1) is 29.8. The molecule has 0 fully saturated rings. The van der Waals surface area contributed by atoms with E-state index < -0.39 is 24.3 Å². The maximum Gasteiger partial charge on any atom is 0.307 e. The molecule has 200 valence electrons. The largest absolute Gasteiger partial charge is 0.506 e.